The lowest BCUT2D eigenvalue weighted by molar-refractivity contribution is 0.202. The maximum atomic E-state index is 3.52. The van der Waals surface area contributed by atoms with Crippen molar-refractivity contribution in [3.63, 3.8) is 0 Å². The minimum atomic E-state index is 0.797. The zero-order chi connectivity index (χ0) is 11.1. The Morgan fingerprint density at radius 1 is 1.27 bits per heavy atom. The maximum absolute atomic E-state index is 3.52. The van der Waals surface area contributed by atoms with Gasteiger partial charge in [0.25, 0.3) is 0 Å². The molecule has 1 fully saturated rings. The van der Waals surface area contributed by atoms with Crippen LogP contribution in [0.25, 0.3) is 0 Å². The first-order chi connectivity index (χ1) is 7.31. The highest BCUT2D eigenvalue weighted by Crippen LogP contribution is 2.33. The van der Waals surface area contributed by atoms with Gasteiger partial charge in [0.2, 0.25) is 0 Å². The summed E-state index contributed by atoms with van der Waals surface area (Å²) in [6, 6.07) is 0.797. The first kappa shape index (κ1) is 13.4. The Labute approximate surface area is 99.8 Å². The lowest BCUT2D eigenvalue weighted by atomic mass is 9.76. The second kappa shape index (κ2) is 7.56. The van der Waals surface area contributed by atoms with Crippen LogP contribution in [0.4, 0.5) is 0 Å². The number of hydrogen-bond donors (Lipinski definition) is 1. The summed E-state index contributed by atoms with van der Waals surface area (Å²) in [5, 5.41) is 3.52. The van der Waals surface area contributed by atoms with Crippen molar-refractivity contribution in [2.45, 2.75) is 52.0 Å². The van der Waals surface area contributed by atoms with Crippen molar-refractivity contribution in [2.75, 3.05) is 18.6 Å². The van der Waals surface area contributed by atoms with E-state index in [1.807, 2.05) is 0 Å². The van der Waals surface area contributed by atoms with Crippen molar-refractivity contribution in [1.29, 1.82) is 0 Å². The summed E-state index contributed by atoms with van der Waals surface area (Å²) < 4.78 is 0. The molecule has 1 rings (SSSR count). The van der Waals surface area contributed by atoms with Crippen LogP contribution in [0.5, 0.6) is 0 Å². The summed E-state index contributed by atoms with van der Waals surface area (Å²) in [4.78, 5) is 0. The highest BCUT2D eigenvalue weighted by Gasteiger charge is 2.28. The highest BCUT2D eigenvalue weighted by atomic mass is 32.2. The molecule has 0 radical (unpaired) electrons. The van der Waals surface area contributed by atoms with Crippen molar-refractivity contribution >= 4 is 11.8 Å². The Morgan fingerprint density at radius 3 is 2.67 bits per heavy atom. The zero-order valence-corrected chi connectivity index (χ0v) is 11.4. The molecule has 0 aromatic heterocycles. The van der Waals surface area contributed by atoms with Crippen molar-refractivity contribution in [2.24, 2.45) is 11.8 Å². The highest BCUT2D eigenvalue weighted by molar-refractivity contribution is 7.99. The molecule has 1 aliphatic rings. The van der Waals surface area contributed by atoms with E-state index in [0.29, 0.717) is 0 Å². The van der Waals surface area contributed by atoms with E-state index in [2.05, 4.69) is 38.0 Å². The third-order valence-electron chi connectivity index (χ3n) is 3.88. The molecule has 2 heteroatoms. The third kappa shape index (κ3) is 4.36. The lowest BCUT2D eigenvalue weighted by Gasteiger charge is -2.35. The molecule has 0 saturated heterocycles. The molecule has 0 heterocycles. The number of nitrogens with one attached hydrogen (secondary N) is 1. The summed E-state index contributed by atoms with van der Waals surface area (Å²) in [5.74, 6) is 4.57. The zero-order valence-electron chi connectivity index (χ0n) is 10.6. The Balaban J connectivity index is 2.33. The van der Waals surface area contributed by atoms with E-state index in [4.69, 9.17) is 0 Å². The van der Waals surface area contributed by atoms with E-state index in [9.17, 15) is 0 Å². The normalized spacial score (nSPS) is 31.8. The summed E-state index contributed by atoms with van der Waals surface area (Å²) >= 11 is 2.10. The molecule has 3 unspecified atom stereocenters. The Bertz CT molecular complexity index is 161. The second-order valence-corrected chi connectivity index (χ2v) is 6.12. The molecule has 0 aliphatic heterocycles. The van der Waals surface area contributed by atoms with E-state index in [1.165, 1.54) is 43.6 Å². The van der Waals surface area contributed by atoms with Gasteiger partial charge in [0.05, 0.1) is 0 Å². The fourth-order valence-corrected chi connectivity index (χ4v) is 3.57. The van der Waals surface area contributed by atoms with Gasteiger partial charge >= 0.3 is 0 Å². The Morgan fingerprint density at radius 2 is 2.07 bits per heavy atom. The molecule has 0 aromatic rings. The topological polar surface area (TPSA) is 12.0 Å². The lowest BCUT2D eigenvalue weighted by Crippen LogP contribution is -2.38. The van der Waals surface area contributed by atoms with Crippen LogP contribution in [0.3, 0.4) is 0 Å². The van der Waals surface area contributed by atoms with Crippen molar-refractivity contribution < 1.29 is 0 Å². The molecule has 90 valence electrons. The molecule has 1 nitrogen and oxygen atoms in total. The summed E-state index contributed by atoms with van der Waals surface area (Å²) in [6.07, 6.45) is 7.11. The minimum Gasteiger partial charge on any atom is -0.317 e. The molecular weight excluding hydrogens is 202 g/mol. The van der Waals surface area contributed by atoms with Gasteiger partial charge < -0.3 is 5.32 Å². The van der Waals surface area contributed by atoms with Gasteiger partial charge in [0.15, 0.2) is 0 Å². The van der Waals surface area contributed by atoms with Crippen LogP contribution in [0.15, 0.2) is 0 Å². The van der Waals surface area contributed by atoms with E-state index in [-0.39, 0.29) is 0 Å². The molecule has 0 amide bonds. The standard InChI is InChI=1S/C13H27NS/c1-4-11-6-7-13(14-3)12(10-11)8-9-15-5-2/h11-14H,4-10H2,1-3H3. The van der Waals surface area contributed by atoms with E-state index < -0.39 is 0 Å². The molecule has 0 aromatic carbocycles. The molecular formula is C13H27NS. The van der Waals surface area contributed by atoms with Crippen molar-refractivity contribution in [3.05, 3.63) is 0 Å². The van der Waals surface area contributed by atoms with Gasteiger partial charge in [-0.05, 0) is 56.1 Å². The van der Waals surface area contributed by atoms with Gasteiger partial charge in [0, 0.05) is 6.04 Å². The van der Waals surface area contributed by atoms with Gasteiger partial charge in [-0.1, -0.05) is 20.3 Å². The Kier molecular flexibility index (Phi) is 6.74. The van der Waals surface area contributed by atoms with E-state index >= 15 is 0 Å². The SMILES string of the molecule is CCSCCC1CC(CC)CCC1NC. The van der Waals surface area contributed by atoms with Crippen LogP contribution in [0.1, 0.15) is 46.0 Å². The largest absolute Gasteiger partial charge is 0.317 e. The van der Waals surface area contributed by atoms with Gasteiger partial charge in [-0.3, -0.25) is 0 Å². The predicted molar refractivity (Wildman–Crippen MR) is 71.6 cm³/mol. The van der Waals surface area contributed by atoms with Crippen molar-refractivity contribution in [1.82, 2.24) is 5.32 Å². The van der Waals surface area contributed by atoms with E-state index in [0.717, 1.165) is 17.9 Å². The van der Waals surface area contributed by atoms with Crippen LogP contribution in [-0.4, -0.2) is 24.6 Å². The van der Waals surface area contributed by atoms with Gasteiger partial charge in [0.1, 0.15) is 0 Å². The third-order valence-corrected chi connectivity index (χ3v) is 4.81. The van der Waals surface area contributed by atoms with Crippen LogP contribution in [0.2, 0.25) is 0 Å². The summed E-state index contributed by atoms with van der Waals surface area (Å²) in [6.45, 7) is 4.61. The number of rotatable bonds is 6. The molecule has 15 heavy (non-hydrogen) atoms. The molecule has 1 aliphatic carbocycles. The predicted octanol–water partition coefficient (Wildman–Crippen LogP) is 3.54. The fraction of sp³-hybridized carbons (Fsp3) is 1.00. The Hall–Kier alpha value is 0.310. The molecule has 1 N–H and O–H groups in total. The summed E-state index contributed by atoms with van der Waals surface area (Å²) in [5.41, 5.74) is 0. The van der Waals surface area contributed by atoms with Crippen LogP contribution >= 0.6 is 11.8 Å². The summed E-state index contributed by atoms with van der Waals surface area (Å²) in [7, 11) is 2.14. The average molecular weight is 229 g/mol. The van der Waals surface area contributed by atoms with E-state index in [1.54, 1.807) is 0 Å². The molecule has 0 spiro atoms. The fourth-order valence-electron chi connectivity index (χ4n) is 2.81. The van der Waals surface area contributed by atoms with Crippen LogP contribution in [-0.2, 0) is 0 Å². The minimum absolute atomic E-state index is 0.797. The molecule has 3 atom stereocenters. The van der Waals surface area contributed by atoms with Crippen LogP contribution < -0.4 is 5.32 Å². The maximum Gasteiger partial charge on any atom is 0.00928 e. The van der Waals surface area contributed by atoms with Gasteiger partial charge in [-0.15, -0.1) is 0 Å². The van der Waals surface area contributed by atoms with Crippen molar-refractivity contribution in [3.8, 4) is 0 Å². The van der Waals surface area contributed by atoms with Gasteiger partial charge in [-0.2, -0.15) is 11.8 Å². The average Bonchev–Trinajstić information content (AvgIpc) is 2.29. The molecule has 1 saturated carbocycles. The first-order valence-corrected chi connectivity index (χ1v) is 7.72. The van der Waals surface area contributed by atoms with Gasteiger partial charge in [-0.25, -0.2) is 0 Å². The van der Waals surface area contributed by atoms with Crippen LogP contribution in [0, 0.1) is 11.8 Å². The molecule has 0 bridgehead atoms. The quantitative estimate of drug-likeness (QED) is 0.699. The second-order valence-electron chi connectivity index (χ2n) is 4.73. The number of hydrogen-bond acceptors (Lipinski definition) is 2. The first-order valence-electron chi connectivity index (χ1n) is 6.56. The smallest absolute Gasteiger partial charge is 0.00928 e. The monoisotopic (exact) mass is 229 g/mol. The number of thioether (sulfide) groups is 1.